The molecule has 1 aromatic rings. The van der Waals surface area contributed by atoms with Crippen LogP contribution < -0.4 is 10.6 Å². The lowest BCUT2D eigenvalue weighted by Crippen LogP contribution is -2.43. The van der Waals surface area contributed by atoms with Gasteiger partial charge in [-0.1, -0.05) is 6.92 Å². The molecule has 0 spiro atoms. The summed E-state index contributed by atoms with van der Waals surface area (Å²) in [6.07, 6.45) is 2.88. The van der Waals surface area contributed by atoms with Crippen molar-refractivity contribution in [2.45, 2.75) is 46.2 Å². The second-order valence-corrected chi connectivity index (χ2v) is 4.79. The van der Waals surface area contributed by atoms with Crippen molar-refractivity contribution in [3.8, 4) is 0 Å². The monoisotopic (exact) mass is 224 g/mol. The number of urea groups is 1. The Labute approximate surface area is 96.2 Å². The summed E-state index contributed by atoms with van der Waals surface area (Å²) in [4.78, 5) is 11.5. The Balaban J connectivity index is 2.50. The number of carbonyl (C=O) groups excluding carboxylic acids is 1. The molecule has 90 valence electrons. The Morgan fingerprint density at radius 2 is 2.19 bits per heavy atom. The molecule has 0 saturated carbocycles. The van der Waals surface area contributed by atoms with Gasteiger partial charge < -0.3 is 5.32 Å². The van der Waals surface area contributed by atoms with Gasteiger partial charge in [0.15, 0.2) is 5.82 Å². The van der Waals surface area contributed by atoms with E-state index >= 15 is 0 Å². The third-order valence-corrected chi connectivity index (χ3v) is 1.82. The van der Waals surface area contributed by atoms with Gasteiger partial charge in [-0.2, -0.15) is 5.10 Å². The fourth-order valence-electron chi connectivity index (χ4n) is 1.27. The lowest BCUT2D eigenvalue weighted by atomic mass is 10.1. The Morgan fingerprint density at radius 1 is 1.50 bits per heavy atom. The van der Waals surface area contributed by atoms with Gasteiger partial charge in [-0.15, -0.1) is 0 Å². The topological polar surface area (TPSA) is 59.0 Å². The van der Waals surface area contributed by atoms with Crippen molar-refractivity contribution in [3.63, 3.8) is 0 Å². The minimum Gasteiger partial charge on any atom is -0.333 e. The molecular formula is C11H20N4O. The van der Waals surface area contributed by atoms with Crippen LogP contribution in [0.25, 0.3) is 0 Å². The van der Waals surface area contributed by atoms with E-state index in [9.17, 15) is 4.79 Å². The highest BCUT2D eigenvalue weighted by Gasteiger charge is 2.14. The van der Waals surface area contributed by atoms with Crippen LogP contribution in [0, 0.1) is 0 Å². The SMILES string of the molecule is CCCn1ccc(NC(=O)NC(C)(C)C)n1. The van der Waals surface area contributed by atoms with Crippen LogP contribution in [-0.4, -0.2) is 21.4 Å². The second-order valence-electron chi connectivity index (χ2n) is 4.79. The van der Waals surface area contributed by atoms with Crippen LogP contribution in [0.15, 0.2) is 12.3 Å². The molecule has 0 radical (unpaired) electrons. The summed E-state index contributed by atoms with van der Waals surface area (Å²) < 4.78 is 1.81. The van der Waals surface area contributed by atoms with Crippen LogP contribution in [0.4, 0.5) is 10.6 Å². The van der Waals surface area contributed by atoms with Crippen LogP contribution in [0.1, 0.15) is 34.1 Å². The molecule has 0 aliphatic carbocycles. The van der Waals surface area contributed by atoms with Crippen molar-refractivity contribution in [2.75, 3.05) is 5.32 Å². The van der Waals surface area contributed by atoms with Gasteiger partial charge in [-0.3, -0.25) is 10.00 Å². The molecule has 0 aromatic carbocycles. The highest BCUT2D eigenvalue weighted by Crippen LogP contribution is 2.04. The molecule has 1 rings (SSSR count). The quantitative estimate of drug-likeness (QED) is 0.827. The molecule has 0 atom stereocenters. The van der Waals surface area contributed by atoms with Gasteiger partial charge in [-0.05, 0) is 27.2 Å². The van der Waals surface area contributed by atoms with E-state index in [0.29, 0.717) is 5.82 Å². The number of hydrogen-bond acceptors (Lipinski definition) is 2. The van der Waals surface area contributed by atoms with Gasteiger partial charge in [0, 0.05) is 24.3 Å². The number of nitrogens with zero attached hydrogens (tertiary/aromatic N) is 2. The Morgan fingerprint density at radius 3 is 2.75 bits per heavy atom. The molecule has 2 N–H and O–H groups in total. The number of hydrogen-bond donors (Lipinski definition) is 2. The number of rotatable bonds is 3. The molecule has 0 fully saturated rings. The van der Waals surface area contributed by atoms with Crippen molar-refractivity contribution < 1.29 is 4.79 Å². The lowest BCUT2D eigenvalue weighted by Gasteiger charge is -2.20. The highest BCUT2D eigenvalue weighted by atomic mass is 16.2. The van der Waals surface area contributed by atoms with Crippen molar-refractivity contribution >= 4 is 11.8 Å². The first-order valence-electron chi connectivity index (χ1n) is 5.53. The summed E-state index contributed by atoms with van der Waals surface area (Å²) >= 11 is 0. The van der Waals surface area contributed by atoms with Gasteiger partial charge in [0.2, 0.25) is 0 Å². The zero-order valence-corrected chi connectivity index (χ0v) is 10.4. The molecule has 1 aromatic heterocycles. The first kappa shape index (κ1) is 12.5. The van der Waals surface area contributed by atoms with Gasteiger partial charge in [0.1, 0.15) is 0 Å². The molecule has 1 heterocycles. The average molecular weight is 224 g/mol. The molecule has 0 aliphatic rings. The van der Waals surface area contributed by atoms with E-state index in [1.54, 1.807) is 6.07 Å². The number of amides is 2. The van der Waals surface area contributed by atoms with Gasteiger partial charge in [0.25, 0.3) is 0 Å². The molecular weight excluding hydrogens is 204 g/mol. The van der Waals surface area contributed by atoms with E-state index in [-0.39, 0.29) is 11.6 Å². The number of nitrogens with one attached hydrogen (secondary N) is 2. The molecule has 5 heteroatoms. The summed E-state index contributed by atoms with van der Waals surface area (Å²) in [5.74, 6) is 0.579. The number of anilines is 1. The van der Waals surface area contributed by atoms with Crippen molar-refractivity contribution in [2.24, 2.45) is 0 Å². The first-order valence-corrected chi connectivity index (χ1v) is 5.53. The fraction of sp³-hybridized carbons (Fsp3) is 0.636. The van der Waals surface area contributed by atoms with Gasteiger partial charge in [0.05, 0.1) is 0 Å². The first-order chi connectivity index (χ1) is 7.40. The zero-order valence-electron chi connectivity index (χ0n) is 10.4. The maximum absolute atomic E-state index is 11.5. The minimum atomic E-state index is -0.240. The van der Waals surface area contributed by atoms with E-state index in [0.717, 1.165) is 13.0 Å². The number of aryl methyl sites for hydroxylation is 1. The number of aromatic nitrogens is 2. The maximum atomic E-state index is 11.5. The lowest BCUT2D eigenvalue weighted by molar-refractivity contribution is 0.243. The summed E-state index contributed by atoms with van der Waals surface area (Å²) in [5.41, 5.74) is -0.240. The molecule has 2 amide bonds. The summed E-state index contributed by atoms with van der Waals surface area (Å²) in [5, 5.41) is 9.72. The summed E-state index contributed by atoms with van der Waals surface area (Å²) in [6, 6.07) is 1.56. The van der Waals surface area contributed by atoms with Crippen LogP contribution >= 0.6 is 0 Å². The number of carbonyl (C=O) groups is 1. The highest BCUT2D eigenvalue weighted by molar-refractivity contribution is 5.88. The minimum absolute atomic E-state index is 0.228. The van der Waals surface area contributed by atoms with E-state index < -0.39 is 0 Å². The van der Waals surface area contributed by atoms with Crippen molar-refractivity contribution in [1.82, 2.24) is 15.1 Å². The fourth-order valence-corrected chi connectivity index (χ4v) is 1.27. The average Bonchev–Trinajstić information content (AvgIpc) is 2.49. The largest absolute Gasteiger partial charge is 0.333 e. The van der Waals surface area contributed by atoms with Gasteiger partial charge in [-0.25, -0.2) is 4.79 Å². The molecule has 0 aliphatic heterocycles. The molecule has 0 saturated heterocycles. The van der Waals surface area contributed by atoms with E-state index in [2.05, 4.69) is 22.7 Å². The van der Waals surface area contributed by atoms with E-state index in [1.165, 1.54) is 0 Å². The van der Waals surface area contributed by atoms with E-state index in [1.807, 2.05) is 31.6 Å². The predicted octanol–water partition coefficient (Wildman–Crippen LogP) is 2.21. The normalized spacial score (nSPS) is 11.2. The van der Waals surface area contributed by atoms with Crippen molar-refractivity contribution in [3.05, 3.63) is 12.3 Å². The standard InChI is InChI=1S/C11H20N4O/c1-5-7-15-8-6-9(14-15)12-10(16)13-11(2,3)4/h6,8H,5,7H2,1-4H3,(H2,12,13,14,16). The maximum Gasteiger partial charge on any atom is 0.320 e. The second kappa shape index (κ2) is 5.01. The third kappa shape index (κ3) is 4.33. The zero-order chi connectivity index (χ0) is 12.2. The molecule has 0 unspecified atom stereocenters. The Hall–Kier alpha value is -1.52. The van der Waals surface area contributed by atoms with Crippen molar-refractivity contribution in [1.29, 1.82) is 0 Å². The molecule has 16 heavy (non-hydrogen) atoms. The predicted molar refractivity (Wildman–Crippen MR) is 64.4 cm³/mol. The summed E-state index contributed by atoms with van der Waals surface area (Å²) in [6.45, 7) is 8.75. The van der Waals surface area contributed by atoms with E-state index in [4.69, 9.17) is 0 Å². The van der Waals surface area contributed by atoms with Crippen LogP contribution in [0.2, 0.25) is 0 Å². The van der Waals surface area contributed by atoms with Crippen LogP contribution in [0.3, 0.4) is 0 Å². The van der Waals surface area contributed by atoms with Crippen LogP contribution in [0.5, 0.6) is 0 Å². The smallest absolute Gasteiger partial charge is 0.320 e. The summed E-state index contributed by atoms with van der Waals surface area (Å²) in [7, 11) is 0. The Kier molecular flexibility index (Phi) is 3.93. The molecule has 5 nitrogen and oxygen atoms in total. The van der Waals surface area contributed by atoms with Crippen LogP contribution in [-0.2, 0) is 6.54 Å². The third-order valence-electron chi connectivity index (χ3n) is 1.82. The Bertz CT molecular complexity index is 351. The molecule has 0 bridgehead atoms. The van der Waals surface area contributed by atoms with Gasteiger partial charge >= 0.3 is 6.03 Å².